The number of rotatable bonds is 3. The summed E-state index contributed by atoms with van der Waals surface area (Å²) in [4.78, 5) is 39.7. The third-order valence-electron chi connectivity index (χ3n) is 7.59. The van der Waals surface area contributed by atoms with E-state index in [9.17, 15) is 14.9 Å². The number of amides is 2. The smallest absolute Gasteiger partial charge is 0.263 e. The predicted molar refractivity (Wildman–Crippen MR) is 155 cm³/mol. The maximum atomic E-state index is 13.3. The van der Waals surface area contributed by atoms with Crippen molar-refractivity contribution >= 4 is 39.3 Å². The van der Waals surface area contributed by atoms with Gasteiger partial charge in [-0.1, -0.05) is 30.3 Å². The van der Waals surface area contributed by atoms with E-state index in [1.807, 2.05) is 47.0 Å². The van der Waals surface area contributed by atoms with E-state index in [2.05, 4.69) is 20.9 Å². The number of nitrogens with zero attached hydrogens (tertiary/aromatic N) is 6. The van der Waals surface area contributed by atoms with Crippen LogP contribution in [0.3, 0.4) is 0 Å². The van der Waals surface area contributed by atoms with Gasteiger partial charge in [-0.15, -0.1) is 0 Å². The number of benzene rings is 3. The molecule has 1 aliphatic rings. The lowest BCUT2D eigenvalue weighted by Gasteiger charge is -2.12. The van der Waals surface area contributed by atoms with Crippen LogP contribution < -0.4 is 0 Å². The molecule has 0 saturated carbocycles. The molecule has 0 N–H and O–H groups in total. The number of pyridine rings is 2. The first-order valence-corrected chi connectivity index (χ1v) is 12.7. The van der Waals surface area contributed by atoms with Crippen LogP contribution in [-0.2, 0) is 0 Å². The van der Waals surface area contributed by atoms with Crippen molar-refractivity contribution in [2.75, 3.05) is 7.05 Å². The van der Waals surface area contributed by atoms with Gasteiger partial charge in [-0.05, 0) is 47.5 Å². The molecule has 8 nitrogen and oxygen atoms in total. The normalized spacial score (nSPS) is 12.5. The van der Waals surface area contributed by atoms with Gasteiger partial charge >= 0.3 is 0 Å². The zero-order valence-corrected chi connectivity index (χ0v) is 21.7. The fourth-order valence-corrected chi connectivity index (χ4v) is 5.79. The Morgan fingerprint density at radius 2 is 1.37 bits per heavy atom. The van der Waals surface area contributed by atoms with E-state index >= 15 is 0 Å². The summed E-state index contributed by atoms with van der Waals surface area (Å²) in [5.41, 5.74) is 6.61. The molecule has 4 heterocycles. The quantitative estimate of drug-likeness (QED) is 0.191. The largest absolute Gasteiger partial charge is 0.308 e. The Bertz CT molecular complexity index is 2080. The summed E-state index contributed by atoms with van der Waals surface area (Å²) in [7, 11) is 1.48. The molecule has 6 aromatic rings. The van der Waals surface area contributed by atoms with Crippen molar-refractivity contribution in [2.24, 2.45) is 0 Å². The van der Waals surface area contributed by atoms with Gasteiger partial charge in [0.25, 0.3) is 11.8 Å². The van der Waals surface area contributed by atoms with E-state index in [1.165, 1.54) is 7.05 Å². The molecule has 0 unspecified atom stereocenters. The maximum absolute atomic E-state index is 13.3. The Kier molecular flexibility index (Phi) is 5.24. The predicted octanol–water partition coefficient (Wildman–Crippen LogP) is 6.56. The molecule has 0 spiro atoms. The van der Waals surface area contributed by atoms with Crippen LogP contribution in [0.4, 0.5) is 5.69 Å². The monoisotopic (exact) mass is 530 g/mol. The van der Waals surface area contributed by atoms with Gasteiger partial charge in [0.1, 0.15) is 0 Å². The van der Waals surface area contributed by atoms with Crippen molar-refractivity contribution in [1.29, 1.82) is 5.26 Å². The third-order valence-corrected chi connectivity index (χ3v) is 7.59. The Morgan fingerprint density at radius 3 is 2.05 bits per heavy atom. The van der Waals surface area contributed by atoms with E-state index in [-0.39, 0.29) is 11.8 Å². The lowest BCUT2D eigenvalue weighted by Crippen LogP contribution is -2.24. The minimum atomic E-state index is -0.371. The number of imide groups is 1. The van der Waals surface area contributed by atoms with Crippen LogP contribution in [0, 0.1) is 17.9 Å². The standard InChI is InChI=1S/C33H18N6O2/c1-35-25-13-15-37-18-24(25)21-7-4-10-27-30(21)29-20(23-17-36-14-12-19(23)16-34)6-3-9-26(29)39(27)28-11-5-8-22-31(28)33(41)38(2)32(22)40/h3-15,17-18H,2H3. The van der Waals surface area contributed by atoms with Gasteiger partial charge < -0.3 is 4.57 Å². The third kappa shape index (κ3) is 3.32. The molecule has 0 aliphatic carbocycles. The average Bonchev–Trinajstić information content (AvgIpc) is 3.48. The van der Waals surface area contributed by atoms with Crippen molar-refractivity contribution < 1.29 is 9.59 Å². The summed E-state index contributed by atoms with van der Waals surface area (Å²) in [5.74, 6) is -0.718. The summed E-state index contributed by atoms with van der Waals surface area (Å²) in [6.07, 6.45) is 6.52. The van der Waals surface area contributed by atoms with Gasteiger partial charge in [-0.3, -0.25) is 24.5 Å². The maximum Gasteiger partial charge on any atom is 0.263 e. The molecule has 1 aliphatic heterocycles. The Morgan fingerprint density at radius 1 is 0.756 bits per heavy atom. The minimum Gasteiger partial charge on any atom is -0.308 e. The minimum absolute atomic E-state index is 0.330. The number of carbonyl (C=O) groups excluding carboxylic acids is 2. The molecular weight excluding hydrogens is 512 g/mol. The summed E-state index contributed by atoms with van der Waals surface area (Å²) < 4.78 is 1.98. The van der Waals surface area contributed by atoms with Crippen LogP contribution in [-0.4, -0.2) is 38.3 Å². The van der Waals surface area contributed by atoms with E-state index in [0.717, 1.165) is 37.8 Å². The average molecular weight is 531 g/mol. The van der Waals surface area contributed by atoms with Gasteiger partial charge in [-0.25, -0.2) is 4.85 Å². The van der Waals surface area contributed by atoms with E-state index < -0.39 is 0 Å². The summed E-state index contributed by atoms with van der Waals surface area (Å²) in [6.45, 7) is 7.79. The molecule has 7 rings (SSSR count). The van der Waals surface area contributed by atoms with Gasteiger partial charge in [0.05, 0.1) is 46.1 Å². The molecule has 3 aromatic carbocycles. The summed E-state index contributed by atoms with van der Waals surface area (Å²) >= 11 is 0. The number of hydrogen-bond acceptors (Lipinski definition) is 5. The molecule has 0 radical (unpaired) electrons. The fourth-order valence-electron chi connectivity index (χ4n) is 5.79. The van der Waals surface area contributed by atoms with Gasteiger partial charge in [0.2, 0.25) is 0 Å². The number of carbonyl (C=O) groups is 2. The second-order valence-corrected chi connectivity index (χ2v) is 9.64. The highest BCUT2D eigenvalue weighted by molar-refractivity contribution is 6.25. The Hall–Kier alpha value is -6.12. The fraction of sp³-hybridized carbons (Fsp3) is 0.0303. The molecule has 2 amide bonds. The number of aromatic nitrogens is 3. The van der Waals surface area contributed by atoms with Crippen molar-refractivity contribution in [3.63, 3.8) is 0 Å². The highest BCUT2D eigenvalue weighted by atomic mass is 16.2. The molecule has 3 aromatic heterocycles. The second-order valence-electron chi connectivity index (χ2n) is 9.64. The first kappa shape index (κ1) is 24.0. The first-order chi connectivity index (χ1) is 20.0. The van der Waals surface area contributed by atoms with Crippen LogP contribution in [0.2, 0.25) is 0 Å². The SMILES string of the molecule is [C-]#[N+]c1ccncc1-c1cccc2c1c1c(-c3cnccc3C#N)cccc1n2-c1cccc2c1C(=O)N(C)C2=O. The van der Waals surface area contributed by atoms with Crippen LogP contribution in [0.5, 0.6) is 0 Å². The molecule has 8 heteroatoms. The van der Waals surface area contributed by atoms with E-state index in [4.69, 9.17) is 6.57 Å². The molecular formula is C33H18N6O2. The molecule has 0 saturated heterocycles. The molecule has 192 valence electrons. The Labute approximate surface area is 234 Å². The molecule has 41 heavy (non-hydrogen) atoms. The number of nitriles is 1. The highest BCUT2D eigenvalue weighted by Gasteiger charge is 2.36. The zero-order valence-electron chi connectivity index (χ0n) is 21.7. The van der Waals surface area contributed by atoms with Crippen LogP contribution in [0.15, 0.2) is 91.5 Å². The van der Waals surface area contributed by atoms with Crippen LogP contribution >= 0.6 is 0 Å². The van der Waals surface area contributed by atoms with Crippen LogP contribution in [0.25, 0.3) is 54.6 Å². The molecule has 0 atom stereocenters. The number of fused-ring (bicyclic) bond motifs is 4. The highest BCUT2D eigenvalue weighted by Crippen LogP contribution is 2.45. The molecule has 0 bridgehead atoms. The lowest BCUT2D eigenvalue weighted by atomic mass is 9.94. The van der Waals surface area contributed by atoms with Gasteiger partial charge in [0, 0.05) is 53.7 Å². The Balaban J connectivity index is 1.70. The topological polar surface area (TPSA) is 96.2 Å². The van der Waals surface area contributed by atoms with Gasteiger partial charge in [0.15, 0.2) is 5.69 Å². The number of hydrogen-bond donors (Lipinski definition) is 0. The van der Waals surface area contributed by atoms with Crippen molar-refractivity contribution in [1.82, 2.24) is 19.4 Å². The second kappa shape index (κ2) is 8.98. The summed E-state index contributed by atoms with van der Waals surface area (Å²) in [5, 5.41) is 11.6. The van der Waals surface area contributed by atoms with E-state index in [0.29, 0.717) is 39.2 Å². The van der Waals surface area contributed by atoms with Crippen molar-refractivity contribution in [2.45, 2.75) is 0 Å². The van der Waals surface area contributed by atoms with Gasteiger partial charge in [-0.2, -0.15) is 5.26 Å². The molecule has 0 fully saturated rings. The summed E-state index contributed by atoms with van der Waals surface area (Å²) in [6, 6.07) is 22.5. The van der Waals surface area contributed by atoms with Crippen molar-refractivity contribution in [3.8, 4) is 34.0 Å². The van der Waals surface area contributed by atoms with Crippen molar-refractivity contribution in [3.05, 3.63) is 120 Å². The lowest BCUT2D eigenvalue weighted by molar-refractivity contribution is 0.0693. The zero-order chi connectivity index (χ0) is 28.2. The van der Waals surface area contributed by atoms with E-state index in [1.54, 1.807) is 49.1 Å². The van der Waals surface area contributed by atoms with Crippen LogP contribution in [0.1, 0.15) is 26.3 Å². The first-order valence-electron chi connectivity index (χ1n) is 12.7.